The lowest BCUT2D eigenvalue weighted by atomic mass is 9.97. The third-order valence-electron chi connectivity index (χ3n) is 4.63. The van der Waals surface area contributed by atoms with Gasteiger partial charge in [0.15, 0.2) is 5.16 Å². The number of ether oxygens (including phenoxy) is 1. The minimum Gasteiger partial charge on any atom is -0.495 e. The van der Waals surface area contributed by atoms with Gasteiger partial charge in [-0.15, -0.1) is 0 Å². The molecule has 25 heavy (non-hydrogen) atoms. The highest BCUT2D eigenvalue weighted by Gasteiger charge is 2.35. The molecule has 1 aliphatic heterocycles. The summed E-state index contributed by atoms with van der Waals surface area (Å²) in [6.45, 7) is 8.42. The zero-order valence-corrected chi connectivity index (χ0v) is 16.2. The third-order valence-corrected chi connectivity index (χ3v) is 5.20. The molecule has 3 rings (SSSR count). The topological polar surface area (TPSA) is 41.5 Å². The van der Waals surface area contributed by atoms with E-state index in [2.05, 4.69) is 45.7 Å². The highest BCUT2D eigenvalue weighted by atomic mass is 32.2. The van der Waals surface area contributed by atoms with Crippen molar-refractivity contribution in [1.29, 1.82) is 0 Å². The van der Waals surface area contributed by atoms with Crippen LogP contribution in [0.15, 0.2) is 41.8 Å². The summed E-state index contributed by atoms with van der Waals surface area (Å²) in [4.78, 5) is 13.7. The van der Waals surface area contributed by atoms with E-state index in [0.29, 0.717) is 0 Å². The Morgan fingerprint density at radius 1 is 1.16 bits per heavy atom. The maximum absolute atomic E-state index is 5.56. The number of piperazine rings is 1. The molecule has 1 aliphatic rings. The molecule has 0 spiro atoms. The number of aromatic nitrogens is 2. The monoisotopic (exact) mass is 358 g/mol. The molecule has 5 nitrogen and oxygen atoms in total. The normalized spacial score (nSPS) is 17.5. The van der Waals surface area contributed by atoms with E-state index < -0.39 is 0 Å². The average molecular weight is 359 g/mol. The number of rotatable bonds is 5. The van der Waals surface area contributed by atoms with Gasteiger partial charge in [-0.05, 0) is 32.2 Å². The summed E-state index contributed by atoms with van der Waals surface area (Å²) in [6, 6.07) is 8.27. The first-order valence-corrected chi connectivity index (χ1v) is 9.74. The van der Waals surface area contributed by atoms with Crippen molar-refractivity contribution >= 4 is 17.4 Å². The fraction of sp³-hybridized carbons (Fsp3) is 0.474. The fourth-order valence-corrected chi connectivity index (χ4v) is 3.79. The molecule has 0 N–H and O–H groups in total. The average Bonchev–Trinajstić information content (AvgIpc) is 2.62. The Morgan fingerprint density at radius 3 is 2.52 bits per heavy atom. The van der Waals surface area contributed by atoms with Gasteiger partial charge in [-0.3, -0.25) is 4.90 Å². The van der Waals surface area contributed by atoms with E-state index in [0.717, 1.165) is 37.1 Å². The Hall–Kier alpha value is -1.79. The Balaban J connectivity index is 1.71. The molecule has 0 amide bonds. The van der Waals surface area contributed by atoms with E-state index in [-0.39, 0.29) is 5.54 Å². The van der Waals surface area contributed by atoms with Gasteiger partial charge in [0.25, 0.3) is 0 Å². The standard InChI is InChI=1S/C19H26N4OS/c1-19(2)14-22(13-15-11-20-18(25-4)21-12-15)9-10-23(19)16-7-5-6-8-17(16)24-3/h5-8,11-12H,9-10,13-14H2,1-4H3. The maximum atomic E-state index is 5.56. The summed E-state index contributed by atoms with van der Waals surface area (Å²) in [7, 11) is 1.74. The van der Waals surface area contributed by atoms with Gasteiger partial charge >= 0.3 is 0 Å². The van der Waals surface area contributed by atoms with Gasteiger partial charge in [0, 0.05) is 49.7 Å². The third kappa shape index (κ3) is 4.07. The second-order valence-electron chi connectivity index (χ2n) is 6.92. The zero-order valence-electron chi connectivity index (χ0n) is 15.4. The first kappa shape index (κ1) is 18.0. The quantitative estimate of drug-likeness (QED) is 0.603. The predicted molar refractivity (Wildman–Crippen MR) is 104 cm³/mol. The highest BCUT2D eigenvalue weighted by molar-refractivity contribution is 7.98. The van der Waals surface area contributed by atoms with Gasteiger partial charge in [0.05, 0.1) is 12.8 Å². The van der Waals surface area contributed by atoms with Crippen molar-refractivity contribution < 1.29 is 4.74 Å². The highest BCUT2D eigenvalue weighted by Crippen LogP contribution is 2.35. The largest absolute Gasteiger partial charge is 0.495 e. The summed E-state index contributed by atoms with van der Waals surface area (Å²) in [5.41, 5.74) is 2.36. The Labute approximate surface area is 154 Å². The Kier molecular flexibility index (Phi) is 5.49. The van der Waals surface area contributed by atoms with E-state index in [4.69, 9.17) is 4.74 Å². The van der Waals surface area contributed by atoms with Gasteiger partial charge in [0.1, 0.15) is 5.75 Å². The zero-order chi connectivity index (χ0) is 17.9. The summed E-state index contributed by atoms with van der Waals surface area (Å²) in [5.74, 6) is 0.935. The van der Waals surface area contributed by atoms with Gasteiger partial charge in [-0.2, -0.15) is 0 Å². The van der Waals surface area contributed by atoms with Crippen molar-refractivity contribution in [1.82, 2.24) is 14.9 Å². The van der Waals surface area contributed by atoms with Crippen LogP contribution in [-0.4, -0.2) is 53.4 Å². The van der Waals surface area contributed by atoms with Crippen LogP contribution in [0.25, 0.3) is 0 Å². The number of thioether (sulfide) groups is 1. The van der Waals surface area contributed by atoms with Crippen LogP contribution < -0.4 is 9.64 Å². The van der Waals surface area contributed by atoms with Gasteiger partial charge in [0.2, 0.25) is 0 Å². The van der Waals surface area contributed by atoms with Crippen LogP contribution in [0.2, 0.25) is 0 Å². The fourth-order valence-electron chi connectivity index (χ4n) is 3.48. The second kappa shape index (κ2) is 7.62. The van der Waals surface area contributed by atoms with Crippen LogP contribution >= 0.6 is 11.8 Å². The number of hydrogen-bond acceptors (Lipinski definition) is 6. The van der Waals surface area contributed by atoms with Crippen molar-refractivity contribution in [3.05, 3.63) is 42.2 Å². The molecule has 2 aromatic rings. The Bertz CT molecular complexity index is 705. The number of hydrogen-bond donors (Lipinski definition) is 0. The molecule has 1 aromatic carbocycles. The molecule has 2 heterocycles. The minimum atomic E-state index is 0.0208. The first-order valence-electron chi connectivity index (χ1n) is 8.51. The molecule has 6 heteroatoms. The smallest absolute Gasteiger partial charge is 0.187 e. The summed E-state index contributed by atoms with van der Waals surface area (Å²) < 4.78 is 5.56. The number of nitrogens with zero attached hydrogens (tertiary/aromatic N) is 4. The molecule has 0 bridgehead atoms. The lowest BCUT2D eigenvalue weighted by Crippen LogP contribution is -2.59. The lowest BCUT2D eigenvalue weighted by molar-refractivity contribution is 0.174. The van der Waals surface area contributed by atoms with Crippen molar-refractivity contribution in [3.63, 3.8) is 0 Å². The first-order chi connectivity index (χ1) is 12.0. The number of para-hydroxylation sites is 2. The molecule has 0 unspecified atom stereocenters. The van der Waals surface area contributed by atoms with Gasteiger partial charge < -0.3 is 9.64 Å². The molecule has 0 saturated carbocycles. The van der Waals surface area contributed by atoms with E-state index in [1.165, 1.54) is 11.3 Å². The number of anilines is 1. The van der Waals surface area contributed by atoms with Crippen LogP contribution in [0.4, 0.5) is 5.69 Å². The summed E-state index contributed by atoms with van der Waals surface area (Å²) >= 11 is 1.57. The molecular weight excluding hydrogens is 332 g/mol. The Morgan fingerprint density at radius 2 is 1.88 bits per heavy atom. The molecular formula is C19H26N4OS. The molecule has 0 aliphatic carbocycles. The van der Waals surface area contributed by atoms with E-state index >= 15 is 0 Å². The predicted octanol–water partition coefficient (Wildman–Crippen LogP) is 3.31. The number of benzene rings is 1. The lowest BCUT2D eigenvalue weighted by Gasteiger charge is -2.48. The van der Waals surface area contributed by atoms with Crippen molar-refractivity contribution in [3.8, 4) is 5.75 Å². The van der Waals surface area contributed by atoms with Crippen molar-refractivity contribution in [2.75, 3.05) is 37.9 Å². The van der Waals surface area contributed by atoms with E-state index in [9.17, 15) is 0 Å². The van der Waals surface area contributed by atoms with Gasteiger partial charge in [-0.25, -0.2) is 9.97 Å². The van der Waals surface area contributed by atoms with Crippen molar-refractivity contribution in [2.24, 2.45) is 0 Å². The summed E-state index contributed by atoms with van der Waals surface area (Å²) in [6.07, 6.45) is 5.88. The molecule has 134 valence electrons. The van der Waals surface area contributed by atoms with Crippen LogP contribution in [0.1, 0.15) is 19.4 Å². The van der Waals surface area contributed by atoms with Gasteiger partial charge in [-0.1, -0.05) is 23.9 Å². The maximum Gasteiger partial charge on any atom is 0.187 e. The second-order valence-corrected chi connectivity index (χ2v) is 7.70. The molecule has 0 radical (unpaired) electrons. The van der Waals surface area contributed by atoms with Crippen molar-refractivity contribution in [2.45, 2.75) is 31.1 Å². The minimum absolute atomic E-state index is 0.0208. The van der Waals surface area contributed by atoms with E-state index in [1.807, 2.05) is 30.8 Å². The number of methoxy groups -OCH3 is 1. The van der Waals surface area contributed by atoms with Crippen LogP contribution in [-0.2, 0) is 6.54 Å². The molecule has 1 fully saturated rings. The summed E-state index contributed by atoms with van der Waals surface area (Å²) in [5, 5.41) is 0.824. The van der Waals surface area contributed by atoms with Crippen LogP contribution in [0.5, 0.6) is 5.75 Å². The van der Waals surface area contributed by atoms with Crippen LogP contribution in [0.3, 0.4) is 0 Å². The molecule has 0 atom stereocenters. The SMILES string of the molecule is COc1ccccc1N1CCN(Cc2cnc(SC)nc2)CC1(C)C. The van der Waals surface area contributed by atoms with Crippen LogP contribution in [0, 0.1) is 0 Å². The van der Waals surface area contributed by atoms with E-state index in [1.54, 1.807) is 18.9 Å². The molecule has 1 saturated heterocycles. The molecule has 1 aromatic heterocycles.